The van der Waals surface area contributed by atoms with E-state index in [2.05, 4.69) is 21.3 Å². The van der Waals surface area contributed by atoms with Crippen LogP contribution in [0.15, 0.2) is 48.8 Å². The third-order valence-electron chi connectivity index (χ3n) is 4.69. The zero-order valence-corrected chi connectivity index (χ0v) is 15.5. The van der Waals surface area contributed by atoms with Gasteiger partial charge in [-0.1, -0.05) is 25.3 Å². The molecule has 1 aromatic heterocycles. The maximum Gasteiger partial charge on any atom is 0.173 e. The minimum atomic E-state index is 0.493. The normalized spacial score (nSPS) is 14.8. The van der Waals surface area contributed by atoms with Crippen molar-refractivity contribution in [1.82, 2.24) is 9.88 Å². The Morgan fingerprint density at radius 2 is 1.96 bits per heavy atom. The van der Waals surface area contributed by atoms with Gasteiger partial charge in [-0.25, -0.2) is 0 Å². The summed E-state index contributed by atoms with van der Waals surface area (Å²) in [7, 11) is 1.67. The molecule has 1 heterocycles. The second-order valence-corrected chi connectivity index (χ2v) is 6.83. The lowest BCUT2D eigenvalue weighted by Gasteiger charge is -2.36. The minimum Gasteiger partial charge on any atom is -0.497 e. The Kier molecular flexibility index (Phi) is 6.23. The molecular weight excluding hydrogens is 330 g/mol. The average molecular weight is 356 g/mol. The summed E-state index contributed by atoms with van der Waals surface area (Å²) in [4.78, 5) is 6.57. The fraction of sp³-hybridized carbons (Fsp3) is 0.400. The highest BCUT2D eigenvalue weighted by molar-refractivity contribution is 7.80. The van der Waals surface area contributed by atoms with Crippen molar-refractivity contribution < 1.29 is 4.74 Å². The Labute approximate surface area is 155 Å². The van der Waals surface area contributed by atoms with E-state index >= 15 is 0 Å². The summed E-state index contributed by atoms with van der Waals surface area (Å²) in [6.07, 6.45) is 10.0. The van der Waals surface area contributed by atoms with Crippen LogP contribution in [0.4, 0.5) is 5.69 Å². The molecule has 132 valence electrons. The van der Waals surface area contributed by atoms with Crippen molar-refractivity contribution in [3.8, 4) is 5.75 Å². The van der Waals surface area contributed by atoms with Crippen LogP contribution >= 0.6 is 12.2 Å². The molecule has 0 aliphatic heterocycles. The van der Waals surface area contributed by atoms with Gasteiger partial charge in [0.2, 0.25) is 0 Å². The lowest BCUT2D eigenvalue weighted by molar-refractivity contribution is 0.240. The van der Waals surface area contributed by atoms with Crippen LogP contribution in [0, 0.1) is 0 Å². The van der Waals surface area contributed by atoms with Gasteiger partial charge in [0.05, 0.1) is 7.11 Å². The van der Waals surface area contributed by atoms with E-state index in [-0.39, 0.29) is 0 Å². The van der Waals surface area contributed by atoms with Crippen molar-refractivity contribution in [2.75, 3.05) is 12.4 Å². The van der Waals surface area contributed by atoms with Crippen LogP contribution in [0.3, 0.4) is 0 Å². The molecule has 0 saturated heterocycles. The lowest BCUT2D eigenvalue weighted by atomic mass is 9.94. The summed E-state index contributed by atoms with van der Waals surface area (Å²) in [6.45, 7) is 0.792. The van der Waals surface area contributed by atoms with Gasteiger partial charge in [-0.2, -0.15) is 0 Å². The Morgan fingerprint density at radius 1 is 1.20 bits per heavy atom. The van der Waals surface area contributed by atoms with Gasteiger partial charge >= 0.3 is 0 Å². The fourth-order valence-corrected chi connectivity index (χ4v) is 3.65. The van der Waals surface area contributed by atoms with Gasteiger partial charge in [0.15, 0.2) is 5.11 Å². The maximum absolute atomic E-state index is 5.76. The third kappa shape index (κ3) is 4.92. The van der Waals surface area contributed by atoms with E-state index in [0.717, 1.165) is 23.1 Å². The highest BCUT2D eigenvalue weighted by Crippen LogP contribution is 2.25. The van der Waals surface area contributed by atoms with Gasteiger partial charge in [-0.3, -0.25) is 4.98 Å². The first-order chi connectivity index (χ1) is 12.3. The first kappa shape index (κ1) is 17.7. The van der Waals surface area contributed by atoms with Crippen LogP contribution in [-0.2, 0) is 6.54 Å². The summed E-state index contributed by atoms with van der Waals surface area (Å²) >= 11 is 5.76. The Hall–Kier alpha value is -2.14. The summed E-state index contributed by atoms with van der Waals surface area (Å²) in [5, 5.41) is 4.17. The van der Waals surface area contributed by atoms with Gasteiger partial charge in [-0.15, -0.1) is 0 Å². The fourth-order valence-electron chi connectivity index (χ4n) is 3.32. The molecule has 0 atom stereocenters. The molecule has 0 spiro atoms. The molecule has 0 radical (unpaired) electrons. The molecule has 1 fully saturated rings. The third-order valence-corrected chi connectivity index (χ3v) is 5.03. The minimum absolute atomic E-state index is 0.493. The molecular formula is C20H25N3OS. The number of methoxy groups -OCH3 is 1. The number of benzene rings is 1. The number of aromatic nitrogens is 1. The first-order valence-corrected chi connectivity index (χ1v) is 9.27. The van der Waals surface area contributed by atoms with Crippen molar-refractivity contribution in [2.45, 2.75) is 44.7 Å². The molecule has 5 heteroatoms. The Balaban J connectivity index is 1.73. The van der Waals surface area contributed by atoms with Crippen molar-refractivity contribution >= 4 is 23.0 Å². The largest absolute Gasteiger partial charge is 0.497 e. The van der Waals surface area contributed by atoms with E-state index in [9.17, 15) is 0 Å². The topological polar surface area (TPSA) is 37.4 Å². The van der Waals surface area contributed by atoms with E-state index in [1.165, 1.54) is 37.7 Å². The zero-order chi connectivity index (χ0) is 17.5. The van der Waals surface area contributed by atoms with Crippen molar-refractivity contribution in [3.63, 3.8) is 0 Å². The summed E-state index contributed by atoms with van der Waals surface area (Å²) in [5.74, 6) is 0.843. The lowest BCUT2D eigenvalue weighted by Crippen LogP contribution is -2.43. The molecule has 25 heavy (non-hydrogen) atoms. The predicted octanol–water partition coefficient (Wildman–Crippen LogP) is 4.62. The number of anilines is 1. The highest BCUT2D eigenvalue weighted by atomic mass is 32.1. The number of hydrogen-bond donors (Lipinski definition) is 1. The SMILES string of the molecule is COc1ccc(NC(=S)N(Cc2cccnc2)C2CCCCC2)cc1. The van der Waals surface area contributed by atoms with Crippen LogP contribution in [-0.4, -0.2) is 28.1 Å². The summed E-state index contributed by atoms with van der Waals surface area (Å²) in [5.41, 5.74) is 2.17. The number of nitrogens with zero attached hydrogens (tertiary/aromatic N) is 2. The van der Waals surface area contributed by atoms with Crippen molar-refractivity contribution in [2.24, 2.45) is 0 Å². The number of pyridine rings is 1. The number of hydrogen-bond acceptors (Lipinski definition) is 3. The van der Waals surface area contributed by atoms with Gasteiger partial charge in [-0.05, 0) is 61.0 Å². The van der Waals surface area contributed by atoms with Gasteiger partial charge < -0.3 is 15.0 Å². The number of rotatable bonds is 5. The quantitative estimate of drug-likeness (QED) is 0.792. The monoisotopic (exact) mass is 355 g/mol. The molecule has 0 amide bonds. The van der Waals surface area contributed by atoms with Crippen molar-refractivity contribution in [3.05, 3.63) is 54.4 Å². The smallest absolute Gasteiger partial charge is 0.173 e. The number of nitrogens with one attached hydrogen (secondary N) is 1. The summed E-state index contributed by atoms with van der Waals surface area (Å²) < 4.78 is 5.22. The molecule has 1 aromatic carbocycles. The van der Waals surface area contributed by atoms with E-state index in [1.54, 1.807) is 7.11 Å². The molecule has 1 aliphatic rings. The van der Waals surface area contributed by atoms with Gasteiger partial charge in [0.25, 0.3) is 0 Å². The maximum atomic E-state index is 5.76. The molecule has 1 N–H and O–H groups in total. The Morgan fingerprint density at radius 3 is 2.60 bits per heavy atom. The number of thiocarbonyl (C=S) groups is 1. The zero-order valence-electron chi connectivity index (χ0n) is 14.6. The van der Waals surface area contributed by atoms with Crippen molar-refractivity contribution in [1.29, 1.82) is 0 Å². The van der Waals surface area contributed by atoms with E-state index in [0.29, 0.717) is 6.04 Å². The van der Waals surface area contributed by atoms with Crippen LogP contribution in [0.2, 0.25) is 0 Å². The van der Waals surface area contributed by atoms with Crippen LogP contribution in [0.5, 0.6) is 5.75 Å². The van der Waals surface area contributed by atoms with E-state index in [1.807, 2.05) is 42.7 Å². The highest BCUT2D eigenvalue weighted by Gasteiger charge is 2.23. The average Bonchev–Trinajstić information content (AvgIpc) is 2.68. The second kappa shape index (κ2) is 8.81. The van der Waals surface area contributed by atoms with E-state index < -0.39 is 0 Å². The molecule has 2 aromatic rings. The van der Waals surface area contributed by atoms with Gasteiger partial charge in [0.1, 0.15) is 5.75 Å². The van der Waals surface area contributed by atoms with Crippen LogP contribution < -0.4 is 10.1 Å². The molecule has 1 saturated carbocycles. The molecule has 4 nitrogen and oxygen atoms in total. The molecule has 0 unspecified atom stereocenters. The summed E-state index contributed by atoms with van der Waals surface area (Å²) in [6, 6.07) is 12.5. The van der Waals surface area contributed by atoms with Gasteiger partial charge in [0, 0.05) is 30.7 Å². The Bertz CT molecular complexity index is 669. The van der Waals surface area contributed by atoms with Crippen LogP contribution in [0.1, 0.15) is 37.7 Å². The number of ether oxygens (including phenoxy) is 1. The molecule has 1 aliphatic carbocycles. The standard InChI is InChI=1S/C20H25N3OS/c1-24-19-11-9-17(10-12-19)22-20(25)23(18-7-3-2-4-8-18)15-16-6-5-13-21-14-16/h5-6,9-14,18H,2-4,7-8,15H2,1H3,(H,22,25). The van der Waals surface area contributed by atoms with Crippen LogP contribution in [0.25, 0.3) is 0 Å². The molecule has 3 rings (SSSR count). The van der Waals surface area contributed by atoms with E-state index in [4.69, 9.17) is 17.0 Å². The second-order valence-electron chi connectivity index (χ2n) is 6.44. The predicted molar refractivity (Wildman–Crippen MR) is 106 cm³/mol. The molecule has 0 bridgehead atoms. The first-order valence-electron chi connectivity index (χ1n) is 8.87.